The maximum atomic E-state index is 6.08. The zero-order valence-electron chi connectivity index (χ0n) is 9.26. The smallest absolute Gasteiger partial charge is 0.0749 e. The molecular weight excluding hydrogens is 206 g/mol. The third-order valence-corrected chi connectivity index (χ3v) is 3.21. The number of hydrogen-bond donors (Lipinski definition) is 0. The van der Waals surface area contributed by atoms with E-state index in [9.17, 15) is 0 Å². The van der Waals surface area contributed by atoms with Crippen LogP contribution in [-0.2, 0) is 6.42 Å². The fourth-order valence-corrected chi connectivity index (χ4v) is 2.01. The first-order chi connectivity index (χ1) is 7.13. The summed E-state index contributed by atoms with van der Waals surface area (Å²) in [6, 6.07) is 6.15. The molecule has 1 nitrogen and oxygen atoms in total. The van der Waals surface area contributed by atoms with Crippen molar-refractivity contribution in [2.24, 2.45) is 0 Å². The highest BCUT2D eigenvalue weighted by Gasteiger charge is 2.06. The molecule has 0 radical (unpaired) electrons. The Morgan fingerprint density at radius 2 is 2.00 bits per heavy atom. The summed E-state index contributed by atoms with van der Waals surface area (Å²) in [4.78, 5) is 4.67. The first kappa shape index (κ1) is 10.4. The third-order valence-electron chi connectivity index (χ3n) is 2.80. The van der Waals surface area contributed by atoms with E-state index in [2.05, 4.69) is 24.9 Å². The molecule has 0 spiro atoms. The SMILES string of the molecule is CCc1nc2c(C)c(Cl)ccc2cc1C. The molecule has 0 fully saturated rings. The van der Waals surface area contributed by atoms with Crippen molar-refractivity contribution in [2.45, 2.75) is 27.2 Å². The fraction of sp³-hybridized carbons (Fsp3) is 0.308. The van der Waals surface area contributed by atoms with Crippen molar-refractivity contribution in [2.75, 3.05) is 0 Å². The molecule has 0 aliphatic rings. The zero-order valence-corrected chi connectivity index (χ0v) is 10.0. The predicted octanol–water partition coefficient (Wildman–Crippen LogP) is 4.07. The maximum Gasteiger partial charge on any atom is 0.0749 e. The maximum absolute atomic E-state index is 6.08. The Morgan fingerprint density at radius 1 is 1.27 bits per heavy atom. The lowest BCUT2D eigenvalue weighted by molar-refractivity contribution is 1.03. The lowest BCUT2D eigenvalue weighted by atomic mass is 10.1. The second-order valence-electron chi connectivity index (χ2n) is 3.85. The summed E-state index contributed by atoms with van der Waals surface area (Å²) in [5, 5.41) is 1.97. The van der Waals surface area contributed by atoms with Crippen molar-refractivity contribution in [1.82, 2.24) is 4.98 Å². The first-order valence-electron chi connectivity index (χ1n) is 5.18. The fourth-order valence-electron chi connectivity index (χ4n) is 1.86. The second-order valence-corrected chi connectivity index (χ2v) is 4.26. The first-order valence-corrected chi connectivity index (χ1v) is 5.56. The summed E-state index contributed by atoms with van der Waals surface area (Å²) in [5.74, 6) is 0. The Morgan fingerprint density at radius 3 is 2.67 bits per heavy atom. The van der Waals surface area contributed by atoms with Gasteiger partial charge < -0.3 is 0 Å². The Hall–Kier alpha value is -1.08. The summed E-state index contributed by atoms with van der Waals surface area (Å²) < 4.78 is 0. The minimum absolute atomic E-state index is 0.793. The minimum atomic E-state index is 0.793. The van der Waals surface area contributed by atoms with Crippen LogP contribution >= 0.6 is 11.6 Å². The predicted molar refractivity (Wildman–Crippen MR) is 65.6 cm³/mol. The molecule has 0 unspecified atom stereocenters. The molecule has 0 aliphatic carbocycles. The van der Waals surface area contributed by atoms with Crippen LogP contribution in [-0.4, -0.2) is 4.98 Å². The average molecular weight is 220 g/mol. The molecule has 15 heavy (non-hydrogen) atoms. The quantitative estimate of drug-likeness (QED) is 0.705. The molecule has 0 bridgehead atoms. The van der Waals surface area contributed by atoms with E-state index in [-0.39, 0.29) is 0 Å². The van der Waals surface area contributed by atoms with Crippen molar-refractivity contribution in [1.29, 1.82) is 0 Å². The minimum Gasteiger partial charge on any atom is -0.252 e. The van der Waals surface area contributed by atoms with Gasteiger partial charge in [-0.2, -0.15) is 0 Å². The Kier molecular flexibility index (Phi) is 2.66. The van der Waals surface area contributed by atoms with Gasteiger partial charge in [0.1, 0.15) is 0 Å². The number of pyridine rings is 1. The standard InChI is InChI=1S/C13H14ClN/c1-4-12-8(2)7-10-5-6-11(14)9(3)13(10)15-12/h5-7H,4H2,1-3H3. The van der Waals surface area contributed by atoms with Gasteiger partial charge in [0.15, 0.2) is 0 Å². The third kappa shape index (κ3) is 1.72. The Balaban J connectivity index is 2.82. The highest BCUT2D eigenvalue weighted by molar-refractivity contribution is 6.32. The summed E-state index contributed by atoms with van der Waals surface area (Å²) in [6.45, 7) is 6.25. The lowest BCUT2D eigenvalue weighted by Crippen LogP contribution is -1.94. The number of nitrogens with zero attached hydrogens (tertiary/aromatic N) is 1. The molecule has 2 rings (SSSR count). The number of aryl methyl sites for hydroxylation is 3. The van der Waals surface area contributed by atoms with Crippen molar-refractivity contribution in [3.63, 3.8) is 0 Å². The van der Waals surface area contributed by atoms with Crippen LogP contribution in [0.2, 0.25) is 5.02 Å². The molecule has 1 aromatic carbocycles. The van der Waals surface area contributed by atoms with Gasteiger partial charge in [0.25, 0.3) is 0 Å². The molecule has 0 aliphatic heterocycles. The van der Waals surface area contributed by atoms with Gasteiger partial charge in [-0.05, 0) is 43.5 Å². The number of fused-ring (bicyclic) bond motifs is 1. The van der Waals surface area contributed by atoms with E-state index < -0.39 is 0 Å². The van der Waals surface area contributed by atoms with Crippen molar-refractivity contribution in [3.8, 4) is 0 Å². The summed E-state index contributed by atoms with van der Waals surface area (Å²) in [7, 11) is 0. The van der Waals surface area contributed by atoms with E-state index in [0.717, 1.165) is 28.2 Å². The number of aromatic nitrogens is 1. The van der Waals surface area contributed by atoms with E-state index in [0.29, 0.717) is 0 Å². The van der Waals surface area contributed by atoms with Crippen LogP contribution in [0.5, 0.6) is 0 Å². The molecule has 0 saturated heterocycles. The van der Waals surface area contributed by atoms with Gasteiger partial charge >= 0.3 is 0 Å². The van der Waals surface area contributed by atoms with Gasteiger partial charge in [0.2, 0.25) is 0 Å². The molecular formula is C13H14ClN. The zero-order chi connectivity index (χ0) is 11.0. The van der Waals surface area contributed by atoms with E-state index in [4.69, 9.17) is 11.6 Å². The van der Waals surface area contributed by atoms with Crippen LogP contribution in [0, 0.1) is 13.8 Å². The second kappa shape index (κ2) is 3.82. The molecule has 0 amide bonds. The van der Waals surface area contributed by atoms with Crippen LogP contribution < -0.4 is 0 Å². The lowest BCUT2D eigenvalue weighted by Gasteiger charge is -2.08. The normalized spacial score (nSPS) is 10.9. The monoisotopic (exact) mass is 219 g/mol. The van der Waals surface area contributed by atoms with Gasteiger partial charge in [-0.3, -0.25) is 4.98 Å². The molecule has 2 aromatic rings. The van der Waals surface area contributed by atoms with Gasteiger partial charge in [0, 0.05) is 16.1 Å². The molecule has 78 valence electrons. The van der Waals surface area contributed by atoms with Crippen molar-refractivity contribution in [3.05, 3.63) is 40.0 Å². The Bertz CT molecular complexity index is 517. The Labute approximate surface area is 95.1 Å². The van der Waals surface area contributed by atoms with Gasteiger partial charge in [0.05, 0.1) is 5.52 Å². The van der Waals surface area contributed by atoms with Crippen LogP contribution in [0.4, 0.5) is 0 Å². The molecule has 0 saturated carbocycles. The van der Waals surface area contributed by atoms with E-state index in [1.54, 1.807) is 0 Å². The van der Waals surface area contributed by atoms with Gasteiger partial charge in [-0.1, -0.05) is 24.6 Å². The number of halogens is 1. The van der Waals surface area contributed by atoms with Crippen LogP contribution in [0.15, 0.2) is 18.2 Å². The number of benzene rings is 1. The van der Waals surface area contributed by atoms with Gasteiger partial charge in [-0.25, -0.2) is 0 Å². The van der Waals surface area contributed by atoms with Crippen LogP contribution in [0.1, 0.15) is 23.7 Å². The van der Waals surface area contributed by atoms with Crippen LogP contribution in [0.3, 0.4) is 0 Å². The molecule has 0 N–H and O–H groups in total. The topological polar surface area (TPSA) is 12.9 Å². The highest BCUT2D eigenvalue weighted by Crippen LogP contribution is 2.25. The molecule has 0 atom stereocenters. The summed E-state index contributed by atoms with van der Waals surface area (Å²) in [5.41, 5.74) is 4.52. The van der Waals surface area contributed by atoms with Crippen molar-refractivity contribution >= 4 is 22.5 Å². The van der Waals surface area contributed by atoms with Gasteiger partial charge in [-0.15, -0.1) is 0 Å². The van der Waals surface area contributed by atoms with E-state index in [1.807, 2.05) is 19.1 Å². The number of rotatable bonds is 1. The summed E-state index contributed by atoms with van der Waals surface area (Å²) in [6.07, 6.45) is 0.966. The summed E-state index contributed by atoms with van der Waals surface area (Å²) >= 11 is 6.08. The van der Waals surface area contributed by atoms with Crippen molar-refractivity contribution < 1.29 is 0 Å². The largest absolute Gasteiger partial charge is 0.252 e. The molecule has 2 heteroatoms. The van der Waals surface area contributed by atoms with E-state index in [1.165, 1.54) is 10.9 Å². The molecule has 1 aromatic heterocycles. The highest BCUT2D eigenvalue weighted by atomic mass is 35.5. The average Bonchev–Trinajstić information content (AvgIpc) is 2.23. The van der Waals surface area contributed by atoms with Crippen LogP contribution in [0.25, 0.3) is 10.9 Å². The number of hydrogen-bond acceptors (Lipinski definition) is 1. The molecule has 1 heterocycles. The van der Waals surface area contributed by atoms with E-state index >= 15 is 0 Å².